The van der Waals surface area contributed by atoms with Crippen LogP contribution in [-0.2, 0) is 6.54 Å². The largest absolute Gasteiger partial charge is 0.347 e. The molecule has 0 saturated heterocycles. The maximum absolute atomic E-state index is 12.7. The minimum Gasteiger partial charge on any atom is -0.347 e. The predicted octanol–water partition coefficient (Wildman–Crippen LogP) is 3.63. The maximum Gasteiger partial charge on any atom is 0.263 e. The van der Waals surface area contributed by atoms with Gasteiger partial charge in [-0.1, -0.05) is 17.4 Å². The molecule has 0 aromatic carbocycles. The first-order chi connectivity index (χ1) is 13.2. The van der Waals surface area contributed by atoms with Crippen LogP contribution >= 0.6 is 11.3 Å². The molecule has 4 rings (SSSR count). The van der Waals surface area contributed by atoms with Crippen molar-refractivity contribution < 1.29 is 4.79 Å². The summed E-state index contributed by atoms with van der Waals surface area (Å²) in [6.07, 6.45) is 9.04. The van der Waals surface area contributed by atoms with Crippen LogP contribution in [-0.4, -0.2) is 25.4 Å². The van der Waals surface area contributed by atoms with Crippen molar-refractivity contribution in [3.63, 3.8) is 0 Å². The molecule has 1 amide bonds. The minimum atomic E-state index is -0.132. The van der Waals surface area contributed by atoms with Crippen LogP contribution in [0.15, 0.2) is 67.4 Å². The number of aryl methyl sites for hydroxylation is 1. The number of nitrogens with zero attached hydrogens (tertiary/aromatic N) is 4. The molecule has 0 atom stereocenters. The first-order valence-corrected chi connectivity index (χ1v) is 9.27. The number of aromatic nitrogens is 4. The first kappa shape index (κ1) is 17.1. The van der Waals surface area contributed by atoms with Gasteiger partial charge in [-0.15, -0.1) is 0 Å². The molecule has 0 radical (unpaired) electrons. The van der Waals surface area contributed by atoms with Gasteiger partial charge in [-0.3, -0.25) is 14.8 Å². The molecule has 0 spiro atoms. The minimum absolute atomic E-state index is 0.132. The van der Waals surface area contributed by atoms with Gasteiger partial charge in [0.2, 0.25) is 0 Å². The fourth-order valence-corrected chi connectivity index (χ4v) is 3.72. The van der Waals surface area contributed by atoms with Gasteiger partial charge in [0.1, 0.15) is 4.88 Å². The van der Waals surface area contributed by atoms with Gasteiger partial charge >= 0.3 is 0 Å². The van der Waals surface area contributed by atoms with Crippen LogP contribution in [0.3, 0.4) is 0 Å². The molecule has 0 bridgehead atoms. The molecule has 134 valence electrons. The molecule has 0 unspecified atom stereocenters. The summed E-state index contributed by atoms with van der Waals surface area (Å²) >= 11 is 1.38. The standard InChI is InChI=1S/C20H17N5OS/c1-14-18(27-20(24-14)25-11-2-3-12-25)19(26)23-13-16-5-4-8-22-17(16)15-6-9-21-10-7-15/h2-12H,13H2,1H3,(H,23,26). The van der Waals surface area contributed by atoms with E-state index in [0.29, 0.717) is 11.4 Å². The zero-order valence-electron chi connectivity index (χ0n) is 14.7. The topological polar surface area (TPSA) is 72.7 Å². The third kappa shape index (κ3) is 3.63. The van der Waals surface area contributed by atoms with Crippen LogP contribution in [0, 0.1) is 6.92 Å². The lowest BCUT2D eigenvalue weighted by atomic mass is 10.1. The molecule has 0 aliphatic rings. The lowest BCUT2D eigenvalue weighted by Gasteiger charge is -2.09. The summed E-state index contributed by atoms with van der Waals surface area (Å²) < 4.78 is 1.90. The van der Waals surface area contributed by atoms with E-state index in [2.05, 4.69) is 20.3 Å². The Morgan fingerprint density at radius 3 is 2.67 bits per heavy atom. The van der Waals surface area contributed by atoms with Crippen LogP contribution in [0.5, 0.6) is 0 Å². The van der Waals surface area contributed by atoms with Crippen molar-refractivity contribution in [2.45, 2.75) is 13.5 Å². The van der Waals surface area contributed by atoms with E-state index in [1.54, 1.807) is 18.6 Å². The van der Waals surface area contributed by atoms with Gasteiger partial charge < -0.3 is 9.88 Å². The number of hydrogen-bond donors (Lipinski definition) is 1. The molecule has 0 aliphatic carbocycles. The fraction of sp³-hybridized carbons (Fsp3) is 0.100. The summed E-state index contributed by atoms with van der Waals surface area (Å²) in [6.45, 7) is 2.24. The van der Waals surface area contributed by atoms with Crippen molar-refractivity contribution >= 4 is 17.2 Å². The number of nitrogens with one attached hydrogen (secondary N) is 1. The second-order valence-corrected chi connectivity index (χ2v) is 6.91. The van der Waals surface area contributed by atoms with Crippen molar-refractivity contribution in [2.75, 3.05) is 0 Å². The highest BCUT2D eigenvalue weighted by atomic mass is 32.1. The van der Waals surface area contributed by atoms with E-state index in [1.807, 2.05) is 60.3 Å². The monoisotopic (exact) mass is 375 g/mol. The van der Waals surface area contributed by atoms with Crippen molar-refractivity contribution in [3.8, 4) is 16.4 Å². The number of pyridine rings is 2. The lowest BCUT2D eigenvalue weighted by molar-refractivity contribution is 0.0954. The van der Waals surface area contributed by atoms with Crippen molar-refractivity contribution in [1.29, 1.82) is 0 Å². The van der Waals surface area contributed by atoms with Gasteiger partial charge in [-0.25, -0.2) is 4.98 Å². The lowest BCUT2D eigenvalue weighted by Crippen LogP contribution is -2.23. The Morgan fingerprint density at radius 1 is 1.11 bits per heavy atom. The Hall–Kier alpha value is -3.32. The van der Waals surface area contributed by atoms with Gasteiger partial charge in [0.05, 0.1) is 11.4 Å². The summed E-state index contributed by atoms with van der Waals surface area (Å²) in [7, 11) is 0. The molecular weight excluding hydrogens is 358 g/mol. The molecular formula is C20H17N5OS. The zero-order valence-corrected chi connectivity index (χ0v) is 15.5. The van der Waals surface area contributed by atoms with Gasteiger partial charge in [0.25, 0.3) is 5.91 Å². The molecule has 4 aromatic heterocycles. The van der Waals surface area contributed by atoms with Gasteiger partial charge in [0, 0.05) is 43.1 Å². The van der Waals surface area contributed by atoms with E-state index in [0.717, 1.165) is 27.6 Å². The molecule has 7 heteroatoms. The molecule has 4 aromatic rings. The number of rotatable bonds is 5. The van der Waals surface area contributed by atoms with Crippen LogP contribution < -0.4 is 5.32 Å². The highest BCUT2D eigenvalue weighted by Crippen LogP contribution is 2.23. The number of carbonyl (C=O) groups excluding carboxylic acids is 1. The number of carbonyl (C=O) groups is 1. The smallest absolute Gasteiger partial charge is 0.263 e. The predicted molar refractivity (Wildman–Crippen MR) is 105 cm³/mol. The fourth-order valence-electron chi connectivity index (χ4n) is 2.77. The highest BCUT2D eigenvalue weighted by Gasteiger charge is 2.16. The normalized spacial score (nSPS) is 10.7. The molecule has 0 saturated carbocycles. The molecule has 6 nitrogen and oxygen atoms in total. The van der Waals surface area contributed by atoms with E-state index < -0.39 is 0 Å². The Balaban J connectivity index is 1.53. The second-order valence-electron chi connectivity index (χ2n) is 5.93. The van der Waals surface area contributed by atoms with E-state index in [9.17, 15) is 4.79 Å². The third-order valence-electron chi connectivity index (χ3n) is 4.10. The van der Waals surface area contributed by atoms with E-state index >= 15 is 0 Å². The van der Waals surface area contributed by atoms with Crippen LogP contribution in [0.25, 0.3) is 16.4 Å². The Morgan fingerprint density at radius 2 is 1.89 bits per heavy atom. The third-order valence-corrected chi connectivity index (χ3v) is 5.27. The van der Waals surface area contributed by atoms with Gasteiger partial charge in [-0.05, 0) is 42.8 Å². The van der Waals surface area contributed by atoms with E-state index in [4.69, 9.17) is 0 Å². The average molecular weight is 375 g/mol. The van der Waals surface area contributed by atoms with Crippen LogP contribution in [0.2, 0.25) is 0 Å². The van der Waals surface area contributed by atoms with Gasteiger partial charge in [-0.2, -0.15) is 0 Å². The van der Waals surface area contributed by atoms with Crippen molar-refractivity contribution in [3.05, 3.63) is 83.5 Å². The second kappa shape index (κ2) is 7.51. The number of amides is 1. The van der Waals surface area contributed by atoms with Crippen molar-refractivity contribution in [2.24, 2.45) is 0 Å². The summed E-state index contributed by atoms with van der Waals surface area (Å²) in [6, 6.07) is 11.5. The van der Waals surface area contributed by atoms with Gasteiger partial charge in [0.15, 0.2) is 5.13 Å². The average Bonchev–Trinajstić information content (AvgIpc) is 3.37. The molecule has 4 heterocycles. The molecule has 27 heavy (non-hydrogen) atoms. The Bertz CT molecular complexity index is 1060. The van der Waals surface area contributed by atoms with Crippen LogP contribution in [0.4, 0.5) is 0 Å². The number of hydrogen-bond acceptors (Lipinski definition) is 5. The zero-order chi connectivity index (χ0) is 18.6. The highest BCUT2D eigenvalue weighted by molar-refractivity contribution is 7.16. The summed E-state index contributed by atoms with van der Waals surface area (Å²) in [4.78, 5) is 26.3. The Kier molecular flexibility index (Phi) is 4.76. The quantitative estimate of drug-likeness (QED) is 0.578. The number of thiazole rings is 1. The first-order valence-electron chi connectivity index (χ1n) is 8.45. The molecule has 0 fully saturated rings. The summed E-state index contributed by atoms with van der Waals surface area (Å²) in [5, 5.41) is 3.77. The van der Waals surface area contributed by atoms with Crippen molar-refractivity contribution in [1.82, 2.24) is 24.8 Å². The van der Waals surface area contributed by atoms with Crippen LogP contribution in [0.1, 0.15) is 20.9 Å². The van der Waals surface area contributed by atoms with E-state index in [1.165, 1.54) is 11.3 Å². The summed E-state index contributed by atoms with van der Waals surface area (Å²) in [5.74, 6) is -0.132. The Labute approximate surface area is 160 Å². The maximum atomic E-state index is 12.7. The SMILES string of the molecule is Cc1nc(-n2cccc2)sc1C(=O)NCc1cccnc1-c1ccncc1. The molecule has 0 aliphatic heterocycles. The van der Waals surface area contributed by atoms with E-state index in [-0.39, 0.29) is 5.91 Å². The molecule has 1 N–H and O–H groups in total. The summed E-state index contributed by atoms with van der Waals surface area (Å²) in [5.41, 5.74) is 3.49.